The maximum Gasteiger partial charge on any atom is 0.225 e. The number of fused-ring (bicyclic) bond motifs is 1. The van der Waals surface area contributed by atoms with E-state index >= 15 is 0 Å². The number of amides is 1. The van der Waals surface area contributed by atoms with Gasteiger partial charge in [-0.2, -0.15) is 0 Å². The lowest BCUT2D eigenvalue weighted by Crippen LogP contribution is -2.46. The Morgan fingerprint density at radius 1 is 1.47 bits per heavy atom. The Balaban J connectivity index is 1.92. The number of nitrogens with one attached hydrogen (secondary N) is 2. The first-order valence-corrected chi connectivity index (χ1v) is 6.77. The predicted octanol–water partition coefficient (Wildman–Crippen LogP) is 0.542. The lowest BCUT2D eigenvalue weighted by Gasteiger charge is -2.36. The van der Waals surface area contributed by atoms with Crippen LogP contribution in [0, 0.1) is 12.8 Å². The smallest absolute Gasteiger partial charge is 0.225 e. The number of hydrogen-bond donors (Lipinski definition) is 2. The fourth-order valence-corrected chi connectivity index (χ4v) is 3.06. The molecule has 3 rings (SSSR count). The highest BCUT2D eigenvalue weighted by Crippen LogP contribution is 2.31. The van der Waals surface area contributed by atoms with Crippen LogP contribution in [-0.2, 0) is 4.79 Å². The standard InChI is InChI=1S/C13H19N5O/c1-8-16-11(14-2)6-12(17-8)18-5-3-4-9-10(18)7-15-13(9)19/h6,9-10H,3-5,7H2,1-2H3,(H,15,19)(H,14,16,17). The van der Waals surface area contributed by atoms with Gasteiger partial charge in [0.1, 0.15) is 17.5 Å². The summed E-state index contributed by atoms with van der Waals surface area (Å²) in [5, 5.41) is 6.02. The van der Waals surface area contributed by atoms with Crippen LogP contribution in [-0.4, -0.2) is 42.1 Å². The third-order valence-corrected chi connectivity index (χ3v) is 3.98. The van der Waals surface area contributed by atoms with Crippen LogP contribution < -0.4 is 15.5 Å². The van der Waals surface area contributed by atoms with Gasteiger partial charge in [-0.1, -0.05) is 0 Å². The van der Waals surface area contributed by atoms with Gasteiger partial charge in [0.25, 0.3) is 0 Å². The molecular formula is C13H19N5O. The summed E-state index contributed by atoms with van der Waals surface area (Å²) in [6, 6.07) is 2.19. The van der Waals surface area contributed by atoms with Gasteiger partial charge in [-0.3, -0.25) is 4.79 Å². The zero-order valence-electron chi connectivity index (χ0n) is 11.3. The molecule has 0 aliphatic carbocycles. The van der Waals surface area contributed by atoms with Crippen molar-refractivity contribution in [2.75, 3.05) is 30.4 Å². The van der Waals surface area contributed by atoms with Crippen molar-refractivity contribution in [2.24, 2.45) is 5.92 Å². The van der Waals surface area contributed by atoms with Crippen LogP contribution in [0.1, 0.15) is 18.7 Å². The minimum atomic E-state index is 0.113. The molecule has 6 nitrogen and oxygen atoms in total. The van der Waals surface area contributed by atoms with Gasteiger partial charge in [-0.15, -0.1) is 0 Å². The molecule has 0 radical (unpaired) electrons. The average molecular weight is 261 g/mol. The van der Waals surface area contributed by atoms with E-state index in [0.717, 1.165) is 43.4 Å². The number of carbonyl (C=O) groups is 1. The topological polar surface area (TPSA) is 70.2 Å². The molecule has 102 valence electrons. The van der Waals surface area contributed by atoms with Gasteiger partial charge in [0.05, 0.1) is 12.0 Å². The van der Waals surface area contributed by atoms with E-state index in [1.165, 1.54) is 0 Å². The number of aromatic nitrogens is 2. The SMILES string of the molecule is CNc1cc(N2CCCC3C(=O)NCC32)nc(C)n1. The summed E-state index contributed by atoms with van der Waals surface area (Å²) >= 11 is 0. The molecule has 3 heterocycles. The highest BCUT2D eigenvalue weighted by atomic mass is 16.2. The van der Waals surface area contributed by atoms with E-state index in [4.69, 9.17) is 0 Å². The highest BCUT2D eigenvalue weighted by molar-refractivity contribution is 5.83. The second kappa shape index (κ2) is 4.68. The molecule has 19 heavy (non-hydrogen) atoms. The van der Waals surface area contributed by atoms with Crippen LogP contribution in [0.2, 0.25) is 0 Å². The van der Waals surface area contributed by atoms with Gasteiger partial charge in [0.2, 0.25) is 5.91 Å². The predicted molar refractivity (Wildman–Crippen MR) is 73.2 cm³/mol. The summed E-state index contributed by atoms with van der Waals surface area (Å²) in [5.74, 6) is 2.79. The van der Waals surface area contributed by atoms with E-state index in [9.17, 15) is 4.79 Å². The van der Waals surface area contributed by atoms with Gasteiger partial charge in [0, 0.05) is 26.2 Å². The first-order chi connectivity index (χ1) is 9.19. The first kappa shape index (κ1) is 12.2. The first-order valence-electron chi connectivity index (χ1n) is 6.77. The molecule has 2 unspecified atom stereocenters. The van der Waals surface area contributed by atoms with Gasteiger partial charge in [0.15, 0.2) is 0 Å². The number of carbonyl (C=O) groups excluding carboxylic acids is 1. The Bertz CT molecular complexity index is 504. The fourth-order valence-electron chi connectivity index (χ4n) is 3.06. The number of aryl methyl sites for hydroxylation is 1. The van der Waals surface area contributed by atoms with Crippen LogP contribution in [0.5, 0.6) is 0 Å². The van der Waals surface area contributed by atoms with Crippen LogP contribution in [0.3, 0.4) is 0 Å². The van der Waals surface area contributed by atoms with Gasteiger partial charge >= 0.3 is 0 Å². The van der Waals surface area contributed by atoms with Crippen molar-refractivity contribution >= 4 is 17.5 Å². The third kappa shape index (κ3) is 2.11. The maximum atomic E-state index is 11.8. The summed E-state index contributed by atoms with van der Waals surface area (Å²) in [6.45, 7) is 3.57. The molecular weight excluding hydrogens is 242 g/mol. The summed E-state index contributed by atoms with van der Waals surface area (Å²) in [5.41, 5.74) is 0. The molecule has 2 aliphatic rings. The Kier molecular flexibility index (Phi) is 3.00. The van der Waals surface area contributed by atoms with E-state index < -0.39 is 0 Å². The summed E-state index contributed by atoms with van der Waals surface area (Å²) in [6.07, 6.45) is 2.02. The van der Waals surface area contributed by atoms with E-state index in [0.29, 0.717) is 0 Å². The minimum Gasteiger partial charge on any atom is -0.373 e. The molecule has 0 saturated carbocycles. The van der Waals surface area contributed by atoms with Crippen molar-refractivity contribution in [3.8, 4) is 0 Å². The van der Waals surface area contributed by atoms with E-state index in [2.05, 4.69) is 25.5 Å². The van der Waals surface area contributed by atoms with Gasteiger partial charge in [-0.05, 0) is 19.8 Å². The fraction of sp³-hybridized carbons (Fsp3) is 0.615. The average Bonchev–Trinajstić information content (AvgIpc) is 2.80. The number of rotatable bonds is 2. The lowest BCUT2D eigenvalue weighted by molar-refractivity contribution is -0.122. The van der Waals surface area contributed by atoms with Crippen LogP contribution in [0.15, 0.2) is 6.07 Å². The van der Waals surface area contributed by atoms with Crippen molar-refractivity contribution in [3.05, 3.63) is 11.9 Å². The van der Waals surface area contributed by atoms with Crippen molar-refractivity contribution < 1.29 is 4.79 Å². The molecule has 2 fully saturated rings. The van der Waals surface area contributed by atoms with E-state index in [1.807, 2.05) is 20.0 Å². The van der Waals surface area contributed by atoms with E-state index in [1.54, 1.807) is 0 Å². The summed E-state index contributed by atoms with van der Waals surface area (Å²) in [7, 11) is 1.85. The van der Waals surface area contributed by atoms with Gasteiger partial charge < -0.3 is 15.5 Å². The highest BCUT2D eigenvalue weighted by Gasteiger charge is 2.41. The van der Waals surface area contributed by atoms with Crippen molar-refractivity contribution in [2.45, 2.75) is 25.8 Å². The molecule has 2 saturated heterocycles. The van der Waals surface area contributed by atoms with Crippen molar-refractivity contribution in [1.29, 1.82) is 0 Å². The molecule has 1 aromatic rings. The Morgan fingerprint density at radius 2 is 2.32 bits per heavy atom. The number of piperidine rings is 1. The van der Waals surface area contributed by atoms with Crippen LogP contribution in [0.4, 0.5) is 11.6 Å². The molecule has 6 heteroatoms. The van der Waals surface area contributed by atoms with E-state index in [-0.39, 0.29) is 17.9 Å². The second-order valence-corrected chi connectivity index (χ2v) is 5.16. The molecule has 2 atom stereocenters. The minimum absolute atomic E-state index is 0.113. The number of hydrogen-bond acceptors (Lipinski definition) is 5. The largest absolute Gasteiger partial charge is 0.373 e. The second-order valence-electron chi connectivity index (χ2n) is 5.16. The summed E-state index contributed by atoms with van der Waals surface area (Å²) in [4.78, 5) is 22.9. The third-order valence-electron chi connectivity index (χ3n) is 3.98. The van der Waals surface area contributed by atoms with Crippen molar-refractivity contribution in [1.82, 2.24) is 15.3 Å². The molecule has 2 aliphatic heterocycles. The zero-order valence-corrected chi connectivity index (χ0v) is 11.3. The van der Waals surface area contributed by atoms with Crippen molar-refractivity contribution in [3.63, 3.8) is 0 Å². The Morgan fingerprint density at radius 3 is 3.11 bits per heavy atom. The quantitative estimate of drug-likeness (QED) is 0.813. The molecule has 1 aromatic heterocycles. The Labute approximate surface area is 112 Å². The molecule has 1 amide bonds. The lowest BCUT2D eigenvalue weighted by atomic mass is 9.91. The van der Waals surface area contributed by atoms with Crippen LogP contribution >= 0.6 is 0 Å². The van der Waals surface area contributed by atoms with Gasteiger partial charge in [-0.25, -0.2) is 9.97 Å². The summed E-state index contributed by atoms with van der Waals surface area (Å²) < 4.78 is 0. The normalized spacial score (nSPS) is 26.0. The zero-order chi connectivity index (χ0) is 13.4. The molecule has 0 spiro atoms. The molecule has 0 aromatic carbocycles. The van der Waals surface area contributed by atoms with Crippen LogP contribution in [0.25, 0.3) is 0 Å². The molecule has 0 bridgehead atoms. The maximum absolute atomic E-state index is 11.8. The number of nitrogens with zero attached hydrogens (tertiary/aromatic N) is 3. The monoisotopic (exact) mass is 261 g/mol. The molecule has 2 N–H and O–H groups in total. The number of anilines is 2. The Hall–Kier alpha value is -1.85.